The van der Waals surface area contributed by atoms with Crippen LogP contribution in [0.5, 0.6) is 0 Å². The van der Waals surface area contributed by atoms with E-state index >= 15 is 0 Å². The van der Waals surface area contributed by atoms with Gasteiger partial charge in [0.1, 0.15) is 11.9 Å². The molecule has 0 bridgehead atoms. The lowest BCUT2D eigenvalue weighted by Gasteiger charge is -2.19. The summed E-state index contributed by atoms with van der Waals surface area (Å²) in [6.07, 6.45) is 0.405. The molecule has 0 radical (unpaired) electrons. The molecule has 0 aliphatic carbocycles. The second kappa shape index (κ2) is 7.04. The summed E-state index contributed by atoms with van der Waals surface area (Å²) in [5, 5.41) is 12.0. The molecule has 0 saturated heterocycles. The molecule has 2 rings (SSSR count). The van der Waals surface area contributed by atoms with Gasteiger partial charge >= 0.3 is 0 Å². The number of carbonyl (C=O) groups excluding carboxylic acids is 1. The van der Waals surface area contributed by atoms with Crippen molar-refractivity contribution in [1.82, 2.24) is 5.48 Å². The Morgan fingerprint density at radius 2 is 1.77 bits per heavy atom. The fraction of sp³-hybridized carbons (Fsp3) is 0.235. The molecule has 0 aromatic heterocycles. The normalized spacial score (nSPS) is 11.8. The third kappa shape index (κ3) is 3.83. The Kier molecular flexibility index (Phi) is 5.12. The van der Waals surface area contributed by atoms with Crippen LogP contribution in [0.2, 0.25) is 0 Å². The van der Waals surface area contributed by atoms with Crippen LogP contribution in [0.15, 0.2) is 42.5 Å². The number of carbonyl (C=O) groups is 1. The third-order valence-corrected chi connectivity index (χ3v) is 3.49. The second-order valence-corrected chi connectivity index (χ2v) is 5.29. The number of halogens is 1. The Labute approximate surface area is 128 Å². The van der Waals surface area contributed by atoms with Crippen LogP contribution in [0.25, 0.3) is 0 Å². The van der Waals surface area contributed by atoms with Gasteiger partial charge in [-0.05, 0) is 42.7 Å². The average Bonchev–Trinajstić information content (AvgIpc) is 2.52. The molecule has 1 amide bonds. The predicted molar refractivity (Wildman–Crippen MR) is 83.4 cm³/mol. The molecule has 0 aliphatic rings. The predicted octanol–water partition coefficient (Wildman–Crippen LogP) is 2.97. The molecule has 1 unspecified atom stereocenters. The van der Waals surface area contributed by atoms with E-state index in [4.69, 9.17) is 5.21 Å². The third-order valence-electron chi connectivity index (χ3n) is 3.49. The Bertz CT molecular complexity index is 636. The molecule has 4 nitrogen and oxygen atoms in total. The maximum Gasteiger partial charge on any atom is 0.266 e. The zero-order valence-corrected chi connectivity index (χ0v) is 12.6. The van der Waals surface area contributed by atoms with Crippen LogP contribution in [-0.2, 0) is 11.2 Å². The van der Waals surface area contributed by atoms with Crippen LogP contribution >= 0.6 is 0 Å². The monoisotopic (exact) mass is 302 g/mol. The quantitative estimate of drug-likeness (QED) is 0.588. The minimum Gasteiger partial charge on any atom is -0.373 e. The summed E-state index contributed by atoms with van der Waals surface area (Å²) < 4.78 is 13.7. The highest BCUT2D eigenvalue weighted by Gasteiger charge is 2.19. The van der Waals surface area contributed by atoms with Crippen LogP contribution in [-0.4, -0.2) is 17.2 Å². The number of aryl methyl sites for hydroxylation is 2. The van der Waals surface area contributed by atoms with Crippen LogP contribution in [0, 0.1) is 19.7 Å². The fourth-order valence-electron chi connectivity index (χ4n) is 2.37. The van der Waals surface area contributed by atoms with Crippen molar-refractivity contribution in [3.63, 3.8) is 0 Å². The van der Waals surface area contributed by atoms with E-state index in [-0.39, 0.29) is 5.82 Å². The number of nitrogens with one attached hydrogen (secondary N) is 2. The summed E-state index contributed by atoms with van der Waals surface area (Å²) in [6.45, 7) is 3.34. The number of anilines is 1. The molecule has 1 atom stereocenters. The van der Waals surface area contributed by atoms with Gasteiger partial charge in [-0.25, -0.2) is 9.87 Å². The maximum absolute atomic E-state index is 13.7. The summed E-state index contributed by atoms with van der Waals surface area (Å²) in [6, 6.07) is 12.1. The SMILES string of the molecule is Cc1cc(NC(Cc2ccccc2)C(=O)NO)cc(C)c1F. The first-order chi connectivity index (χ1) is 10.5. The van der Waals surface area contributed by atoms with Crippen molar-refractivity contribution in [1.29, 1.82) is 0 Å². The van der Waals surface area contributed by atoms with Gasteiger partial charge in [0.15, 0.2) is 0 Å². The lowest BCUT2D eigenvalue weighted by atomic mass is 10.0. The van der Waals surface area contributed by atoms with Gasteiger partial charge in [0, 0.05) is 12.1 Å². The number of benzene rings is 2. The van der Waals surface area contributed by atoms with Crippen molar-refractivity contribution in [2.24, 2.45) is 0 Å². The lowest BCUT2D eigenvalue weighted by molar-refractivity contribution is -0.129. The standard InChI is InChI=1S/C17H19FN2O2/c1-11-8-14(9-12(2)16(11)18)19-15(17(21)20-22)10-13-6-4-3-5-7-13/h3-9,15,19,22H,10H2,1-2H3,(H,20,21). The van der Waals surface area contributed by atoms with Crippen molar-refractivity contribution in [3.8, 4) is 0 Å². The van der Waals surface area contributed by atoms with Crippen LogP contribution in [0.4, 0.5) is 10.1 Å². The molecule has 0 saturated carbocycles. The van der Waals surface area contributed by atoms with Crippen molar-refractivity contribution in [2.75, 3.05) is 5.32 Å². The summed E-state index contributed by atoms with van der Waals surface area (Å²) in [5.41, 5.74) is 4.28. The van der Waals surface area contributed by atoms with E-state index in [1.807, 2.05) is 30.3 Å². The van der Waals surface area contributed by atoms with E-state index in [9.17, 15) is 9.18 Å². The molecular weight excluding hydrogens is 283 g/mol. The van der Waals surface area contributed by atoms with Gasteiger partial charge < -0.3 is 5.32 Å². The highest BCUT2D eigenvalue weighted by Crippen LogP contribution is 2.20. The van der Waals surface area contributed by atoms with E-state index in [2.05, 4.69) is 5.32 Å². The summed E-state index contributed by atoms with van der Waals surface area (Å²) >= 11 is 0. The fourth-order valence-corrected chi connectivity index (χ4v) is 2.37. The summed E-state index contributed by atoms with van der Waals surface area (Å²) in [5.74, 6) is -0.791. The van der Waals surface area contributed by atoms with Gasteiger partial charge in [0.2, 0.25) is 0 Å². The molecule has 3 N–H and O–H groups in total. The van der Waals surface area contributed by atoms with Gasteiger partial charge in [0.05, 0.1) is 0 Å². The zero-order chi connectivity index (χ0) is 16.1. The highest BCUT2D eigenvalue weighted by molar-refractivity contribution is 5.84. The number of hydrogen-bond donors (Lipinski definition) is 3. The van der Waals surface area contributed by atoms with Gasteiger partial charge in [-0.1, -0.05) is 30.3 Å². The van der Waals surface area contributed by atoms with E-state index in [0.717, 1.165) is 5.56 Å². The Balaban J connectivity index is 2.22. The first-order valence-corrected chi connectivity index (χ1v) is 7.02. The number of hydrogen-bond acceptors (Lipinski definition) is 3. The van der Waals surface area contributed by atoms with E-state index in [0.29, 0.717) is 23.2 Å². The van der Waals surface area contributed by atoms with E-state index in [1.165, 1.54) is 0 Å². The number of rotatable bonds is 5. The van der Waals surface area contributed by atoms with Crippen LogP contribution < -0.4 is 10.8 Å². The van der Waals surface area contributed by atoms with Crippen molar-refractivity contribution >= 4 is 11.6 Å². The molecule has 116 valence electrons. The Hall–Kier alpha value is -2.40. The van der Waals surface area contributed by atoms with E-state index < -0.39 is 11.9 Å². The molecule has 22 heavy (non-hydrogen) atoms. The number of hydroxylamine groups is 1. The largest absolute Gasteiger partial charge is 0.373 e. The van der Waals surface area contributed by atoms with Gasteiger partial charge in [-0.2, -0.15) is 0 Å². The zero-order valence-electron chi connectivity index (χ0n) is 12.6. The minimum atomic E-state index is -0.656. The molecule has 2 aromatic rings. The Morgan fingerprint density at radius 1 is 1.18 bits per heavy atom. The first kappa shape index (κ1) is 16.0. The molecule has 0 spiro atoms. The smallest absolute Gasteiger partial charge is 0.266 e. The lowest BCUT2D eigenvalue weighted by Crippen LogP contribution is -2.39. The summed E-state index contributed by atoms with van der Waals surface area (Å²) in [4.78, 5) is 11.9. The first-order valence-electron chi connectivity index (χ1n) is 7.02. The molecule has 0 fully saturated rings. The van der Waals surface area contributed by atoms with Crippen LogP contribution in [0.3, 0.4) is 0 Å². The van der Waals surface area contributed by atoms with Crippen LogP contribution in [0.1, 0.15) is 16.7 Å². The van der Waals surface area contributed by atoms with Crippen molar-refractivity contribution < 1.29 is 14.4 Å². The average molecular weight is 302 g/mol. The Morgan fingerprint density at radius 3 is 2.32 bits per heavy atom. The molecule has 0 heterocycles. The van der Waals surface area contributed by atoms with Gasteiger partial charge in [-0.3, -0.25) is 10.0 Å². The molecule has 2 aromatic carbocycles. The van der Waals surface area contributed by atoms with Gasteiger partial charge in [-0.15, -0.1) is 0 Å². The molecular formula is C17H19FN2O2. The van der Waals surface area contributed by atoms with Crippen molar-refractivity contribution in [3.05, 3.63) is 65.0 Å². The maximum atomic E-state index is 13.7. The summed E-state index contributed by atoms with van der Waals surface area (Å²) in [7, 11) is 0. The minimum absolute atomic E-state index is 0.253. The van der Waals surface area contributed by atoms with Gasteiger partial charge in [0.25, 0.3) is 5.91 Å². The molecule has 0 aliphatic heterocycles. The molecule has 5 heteroatoms. The van der Waals surface area contributed by atoms with E-state index in [1.54, 1.807) is 31.5 Å². The van der Waals surface area contributed by atoms with Crippen molar-refractivity contribution in [2.45, 2.75) is 26.3 Å². The second-order valence-electron chi connectivity index (χ2n) is 5.29. The highest BCUT2D eigenvalue weighted by atomic mass is 19.1. The topological polar surface area (TPSA) is 61.4 Å². The number of amides is 1.